The number of hydrogen-bond acceptors (Lipinski definition) is 6. The molecule has 1 aromatic heterocycles. The van der Waals surface area contributed by atoms with Crippen LogP contribution in [0.15, 0.2) is 18.5 Å². The molecular formula is C17H23N3O4. The van der Waals surface area contributed by atoms with Crippen LogP contribution in [0.4, 0.5) is 4.79 Å². The van der Waals surface area contributed by atoms with E-state index in [0.717, 1.165) is 5.57 Å². The highest BCUT2D eigenvalue weighted by molar-refractivity contribution is 5.88. The summed E-state index contributed by atoms with van der Waals surface area (Å²) >= 11 is 0. The van der Waals surface area contributed by atoms with Gasteiger partial charge in [0.1, 0.15) is 5.60 Å². The molecule has 130 valence electrons. The van der Waals surface area contributed by atoms with E-state index in [-0.39, 0.29) is 6.09 Å². The van der Waals surface area contributed by atoms with Gasteiger partial charge in [-0.1, -0.05) is 6.08 Å². The summed E-state index contributed by atoms with van der Waals surface area (Å²) in [5.74, 6) is 0.129. The molecular weight excluding hydrogens is 310 g/mol. The van der Waals surface area contributed by atoms with Gasteiger partial charge in [0.15, 0.2) is 5.82 Å². The summed E-state index contributed by atoms with van der Waals surface area (Å²) in [6.07, 6.45) is 5.14. The normalized spacial score (nSPS) is 14.8. The van der Waals surface area contributed by atoms with E-state index in [1.807, 2.05) is 26.8 Å². The van der Waals surface area contributed by atoms with E-state index in [1.54, 1.807) is 11.8 Å². The third kappa shape index (κ3) is 4.78. The molecule has 0 atom stereocenters. The van der Waals surface area contributed by atoms with E-state index in [0.29, 0.717) is 37.5 Å². The van der Waals surface area contributed by atoms with E-state index in [2.05, 4.69) is 9.97 Å². The third-order valence-electron chi connectivity index (χ3n) is 3.31. The van der Waals surface area contributed by atoms with Gasteiger partial charge in [-0.3, -0.25) is 0 Å². The van der Waals surface area contributed by atoms with Gasteiger partial charge in [-0.05, 0) is 39.7 Å². The molecule has 0 saturated carbocycles. The van der Waals surface area contributed by atoms with Crippen molar-refractivity contribution in [1.82, 2.24) is 14.9 Å². The van der Waals surface area contributed by atoms with Crippen molar-refractivity contribution in [2.24, 2.45) is 0 Å². The van der Waals surface area contributed by atoms with Crippen LogP contribution in [-0.2, 0) is 9.47 Å². The molecule has 0 fully saturated rings. The van der Waals surface area contributed by atoms with Crippen LogP contribution >= 0.6 is 0 Å². The quantitative estimate of drug-likeness (QED) is 0.791. The first-order chi connectivity index (χ1) is 11.3. The number of ether oxygens (including phenoxy) is 2. The summed E-state index contributed by atoms with van der Waals surface area (Å²) in [7, 11) is 0. The Morgan fingerprint density at radius 3 is 2.42 bits per heavy atom. The lowest BCUT2D eigenvalue weighted by molar-refractivity contribution is 0.0270. The fourth-order valence-electron chi connectivity index (χ4n) is 2.18. The fourth-order valence-corrected chi connectivity index (χ4v) is 2.18. The minimum absolute atomic E-state index is 0.312. The molecule has 1 aliphatic rings. The predicted molar refractivity (Wildman–Crippen MR) is 88.4 cm³/mol. The summed E-state index contributed by atoms with van der Waals surface area (Å²) in [6, 6.07) is 0. The number of rotatable bonds is 3. The van der Waals surface area contributed by atoms with Crippen molar-refractivity contribution in [3.8, 4) is 0 Å². The van der Waals surface area contributed by atoms with Crippen LogP contribution in [0.1, 0.15) is 50.3 Å². The van der Waals surface area contributed by atoms with Crippen LogP contribution in [0.3, 0.4) is 0 Å². The van der Waals surface area contributed by atoms with Gasteiger partial charge in [-0.25, -0.2) is 19.6 Å². The maximum absolute atomic E-state index is 12.0. The van der Waals surface area contributed by atoms with Gasteiger partial charge in [0.05, 0.1) is 12.2 Å². The molecule has 1 aromatic rings. The lowest BCUT2D eigenvalue weighted by atomic mass is 10.1. The SMILES string of the molecule is CCOC(=O)c1cnc(C2=CCN(C(=O)OC(C)(C)C)CC2)nc1. The number of amides is 1. The van der Waals surface area contributed by atoms with Gasteiger partial charge in [-0.2, -0.15) is 0 Å². The van der Waals surface area contributed by atoms with Gasteiger partial charge in [-0.15, -0.1) is 0 Å². The van der Waals surface area contributed by atoms with Crippen LogP contribution in [0.25, 0.3) is 5.57 Å². The second-order valence-electron chi connectivity index (χ2n) is 6.42. The van der Waals surface area contributed by atoms with Crippen LogP contribution in [0.5, 0.6) is 0 Å². The van der Waals surface area contributed by atoms with Gasteiger partial charge >= 0.3 is 12.1 Å². The molecule has 2 heterocycles. The summed E-state index contributed by atoms with van der Waals surface area (Å²) in [6.45, 7) is 8.58. The molecule has 7 heteroatoms. The second kappa shape index (κ2) is 7.42. The van der Waals surface area contributed by atoms with E-state index in [9.17, 15) is 9.59 Å². The number of carbonyl (C=O) groups excluding carboxylic acids is 2. The minimum Gasteiger partial charge on any atom is -0.462 e. The van der Waals surface area contributed by atoms with Crippen LogP contribution in [0.2, 0.25) is 0 Å². The molecule has 1 amide bonds. The van der Waals surface area contributed by atoms with Crippen molar-refractivity contribution in [2.45, 2.75) is 39.7 Å². The Hall–Kier alpha value is -2.44. The Kier molecular flexibility index (Phi) is 5.54. The lowest BCUT2D eigenvalue weighted by Crippen LogP contribution is -2.39. The van der Waals surface area contributed by atoms with Crippen LogP contribution in [0, 0.1) is 0 Å². The first kappa shape index (κ1) is 17.9. The molecule has 2 rings (SSSR count). The topological polar surface area (TPSA) is 81.6 Å². The molecule has 0 saturated heterocycles. The van der Waals surface area contributed by atoms with E-state index < -0.39 is 11.6 Å². The first-order valence-electron chi connectivity index (χ1n) is 7.96. The molecule has 0 aromatic carbocycles. The van der Waals surface area contributed by atoms with Gasteiger partial charge in [0.2, 0.25) is 0 Å². The zero-order chi connectivity index (χ0) is 17.7. The molecule has 0 spiro atoms. The second-order valence-corrected chi connectivity index (χ2v) is 6.42. The van der Waals surface area contributed by atoms with Gasteiger partial charge in [0.25, 0.3) is 0 Å². The average molecular weight is 333 g/mol. The predicted octanol–water partition coefficient (Wildman–Crippen LogP) is 2.68. The van der Waals surface area contributed by atoms with Gasteiger partial charge in [0, 0.05) is 25.5 Å². The van der Waals surface area contributed by atoms with Crippen molar-refractivity contribution in [1.29, 1.82) is 0 Å². The number of carbonyl (C=O) groups is 2. The summed E-state index contributed by atoms with van der Waals surface area (Å²) in [5, 5.41) is 0. The van der Waals surface area contributed by atoms with Crippen LogP contribution in [-0.4, -0.2) is 52.2 Å². The van der Waals surface area contributed by atoms with Crippen molar-refractivity contribution in [2.75, 3.05) is 19.7 Å². The maximum Gasteiger partial charge on any atom is 0.410 e. The summed E-state index contributed by atoms with van der Waals surface area (Å²) in [4.78, 5) is 33.7. The lowest BCUT2D eigenvalue weighted by Gasteiger charge is -2.29. The zero-order valence-corrected chi connectivity index (χ0v) is 14.5. The Morgan fingerprint density at radius 1 is 1.25 bits per heavy atom. The average Bonchev–Trinajstić information content (AvgIpc) is 2.54. The van der Waals surface area contributed by atoms with Crippen LogP contribution < -0.4 is 0 Å². The minimum atomic E-state index is -0.507. The zero-order valence-electron chi connectivity index (χ0n) is 14.5. The molecule has 0 unspecified atom stereocenters. The number of nitrogens with zero attached hydrogens (tertiary/aromatic N) is 3. The van der Waals surface area contributed by atoms with E-state index in [1.165, 1.54) is 12.4 Å². The monoisotopic (exact) mass is 333 g/mol. The van der Waals surface area contributed by atoms with Gasteiger partial charge < -0.3 is 14.4 Å². The molecule has 0 radical (unpaired) electrons. The van der Waals surface area contributed by atoms with E-state index >= 15 is 0 Å². The number of esters is 1. The molecule has 0 bridgehead atoms. The maximum atomic E-state index is 12.0. The largest absolute Gasteiger partial charge is 0.462 e. The third-order valence-corrected chi connectivity index (χ3v) is 3.31. The Morgan fingerprint density at radius 2 is 1.92 bits per heavy atom. The summed E-state index contributed by atoms with van der Waals surface area (Å²) in [5.41, 5.74) is 0.769. The fraction of sp³-hybridized carbons (Fsp3) is 0.529. The smallest absolute Gasteiger partial charge is 0.410 e. The van der Waals surface area contributed by atoms with Crippen molar-refractivity contribution in [3.05, 3.63) is 29.9 Å². The molecule has 1 aliphatic heterocycles. The van der Waals surface area contributed by atoms with Crippen molar-refractivity contribution >= 4 is 17.6 Å². The highest BCUT2D eigenvalue weighted by atomic mass is 16.6. The standard InChI is InChI=1S/C17H23N3O4/c1-5-23-15(21)13-10-18-14(19-11-13)12-6-8-20(9-7-12)16(22)24-17(2,3)4/h6,10-11H,5,7-9H2,1-4H3. The highest BCUT2D eigenvalue weighted by Gasteiger charge is 2.24. The molecule has 0 aliphatic carbocycles. The Balaban J connectivity index is 2.00. The molecule has 0 N–H and O–H groups in total. The number of hydrogen-bond donors (Lipinski definition) is 0. The Labute approximate surface area is 141 Å². The Bertz CT molecular complexity index is 632. The first-order valence-corrected chi connectivity index (χ1v) is 7.96. The van der Waals surface area contributed by atoms with E-state index in [4.69, 9.17) is 9.47 Å². The number of aromatic nitrogens is 2. The molecule has 7 nitrogen and oxygen atoms in total. The summed E-state index contributed by atoms with van der Waals surface area (Å²) < 4.78 is 10.3. The van der Waals surface area contributed by atoms with Crippen molar-refractivity contribution < 1.29 is 19.1 Å². The highest BCUT2D eigenvalue weighted by Crippen LogP contribution is 2.20. The van der Waals surface area contributed by atoms with Crippen molar-refractivity contribution in [3.63, 3.8) is 0 Å². The molecule has 24 heavy (non-hydrogen) atoms.